The zero-order chi connectivity index (χ0) is 10.9. The van der Waals surface area contributed by atoms with Crippen molar-refractivity contribution in [2.24, 2.45) is 0 Å². The molecule has 0 aliphatic heterocycles. The molecule has 0 spiro atoms. The molecule has 0 saturated heterocycles. The van der Waals surface area contributed by atoms with Crippen LogP contribution in [0.15, 0.2) is 21.5 Å². The molecule has 0 heterocycles. The topological polar surface area (TPSA) is 63.6 Å². The van der Waals surface area contributed by atoms with Gasteiger partial charge in [0.25, 0.3) is 10.1 Å². The van der Waals surface area contributed by atoms with Gasteiger partial charge in [-0.25, -0.2) is 4.39 Å². The fraction of sp³-hybridized carbons (Fsp3) is 0.143. The molecular weight excluding hydrogens is 279 g/mol. The fourth-order valence-electron chi connectivity index (χ4n) is 0.864. The number of rotatable bonds is 2. The monoisotopic (exact) mass is 284 g/mol. The molecule has 7 heteroatoms. The molecule has 78 valence electrons. The first kappa shape index (κ1) is 11.4. The maximum atomic E-state index is 13.1. The number of hydrogen-bond acceptors (Lipinski definition) is 3. The van der Waals surface area contributed by atoms with Crippen LogP contribution in [-0.4, -0.2) is 20.1 Å². The second kappa shape index (κ2) is 3.84. The van der Waals surface area contributed by atoms with Crippen molar-refractivity contribution in [2.75, 3.05) is 7.11 Å². The van der Waals surface area contributed by atoms with Gasteiger partial charge in [0.15, 0.2) is 0 Å². The maximum Gasteiger partial charge on any atom is 0.297 e. The van der Waals surface area contributed by atoms with E-state index >= 15 is 0 Å². The Morgan fingerprint density at radius 1 is 1.50 bits per heavy atom. The third-order valence-corrected chi connectivity index (χ3v) is 2.97. The minimum absolute atomic E-state index is 0.148. The van der Waals surface area contributed by atoms with Crippen LogP contribution in [0.2, 0.25) is 0 Å². The smallest absolute Gasteiger partial charge is 0.297 e. The molecule has 1 N–H and O–H groups in total. The normalized spacial score (nSPS) is 11.4. The van der Waals surface area contributed by atoms with E-state index in [1.54, 1.807) is 0 Å². The van der Waals surface area contributed by atoms with Crippen LogP contribution >= 0.6 is 15.9 Å². The first-order valence-corrected chi connectivity index (χ1v) is 5.60. The molecule has 0 unspecified atom stereocenters. The number of halogens is 2. The average Bonchev–Trinajstić information content (AvgIpc) is 2.06. The van der Waals surface area contributed by atoms with Crippen LogP contribution in [-0.2, 0) is 10.1 Å². The van der Waals surface area contributed by atoms with Gasteiger partial charge in [-0.05, 0) is 22.0 Å². The van der Waals surface area contributed by atoms with Gasteiger partial charge in [0.1, 0.15) is 16.5 Å². The van der Waals surface area contributed by atoms with Crippen LogP contribution in [0.3, 0.4) is 0 Å². The minimum Gasteiger partial charge on any atom is -0.495 e. The largest absolute Gasteiger partial charge is 0.495 e. The predicted molar refractivity (Wildman–Crippen MR) is 50.5 cm³/mol. The van der Waals surface area contributed by atoms with Gasteiger partial charge in [0.05, 0.1) is 11.6 Å². The Balaban J connectivity index is 3.44. The van der Waals surface area contributed by atoms with E-state index < -0.39 is 20.8 Å². The number of hydrogen-bond donors (Lipinski definition) is 1. The highest BCUT2D eigenvalue weighted by Gasteiger charge is 2.18. The lowest BCUT2D eigenvalue weighted by Crippen LogP contribution is -2.02. The van der Waals surface area contributed by atoms with Crippen molar-refractivity contribution in [1.29, 1.82) is 0 Å². The third kappa shape index (κ3) is 2.23. The zero-order valence-corrected chi connectivity index (χ0v) is 9.39. The molecule has 0 aliphatic carbocycles. The van der Waals surface area contributed by atoms with E-state index in [0.717, 1.165) is 12.1 Å². The van der Waals surface area contributed by atoms with Gasteiger partial charge in [-0.15, -0.1) is 0 Å². The van der Waals surface area contributed by atoms with Crippen molar-refractivity contribution in [1.82, 2.24) is 0 Å². The van der Waals surface area contributed by atoms with Gasteiger partial charge < -0.3 is 4.74 Å². The molecule has 0 atom stereocenters. The Labute approximate surface area is 88.6 Å². The Hall–Kier alpha value is -0.660. The molecule has 1 aromatic carbocycles. The maximum absolute atomic E-state index is 13.1. The van der Waals surface area contributed by atoms with E-state index in [1.807, 2.05) is 0 Å². The predicted octanol–water partition coefficient (Wildman–Crippen LogP) is 1.84. The molecule has 0 amide bonds. The molecule has 0 saturated carbocycles. The Morgan fingerprint density at radius 2 is 2.07 bits per heavy atom. The van der Waals surface area contributed by atoms with E-state index in [2.05, 4.69) is 15.9 Å². The molecule has 0 aliphatic rings. The summed E-state index contributed by atoms with van der Waals surface area (Å²) in [6.07, 6.45) is 0. The third-order valence-electron chi connectivity index (χ3n) is 1.48. The van der Waals surface area contributed by atoms with Gasteiger partial charge in [0.2, 0.25) is 0 Å². The lowest BCUT2D eigenvalue weighted by atomic mass is 10.3. The summed E-state index contributed by atoms with van der Waals surface area (Å²) in [7, 11) is -3.23. The van der Waals surface area contributed by atoms with Gasteiger partial charge in [0, 0.05) is 6.07 Å². The summed E-state index contributed by atoms with van der Waals surface area (Å²) in [5.74, 6) is -0.914. The lowest BCUT2D eigenvalue weighted by Gasteiger charge is -2.05. The van der Waals surface area contributed by atoms with Crippen LogP contribution < -0.4 is 4.74 Å². The van der Waals surface area contributed by atoms with E-state index in [9.17, 15) is 12.8 Å². The van der Waals surface area contributed by atoms with Crippen molar-refractivity contribution >= 4 is 26.0 Å². The Morgan fingerprint density at radius 3 is 2.50 bits per heavy atom. The van der Waals surface area contributed by atoms with Crippen LogP contribution in [0.5, 0.6) is 5.75 Å². The SMILES string of the molecule is COc1cc(F)c(S(=O)(=O)O)cc1Br. The van der Waals surface area contributed by atoms with E-state index in [1.165, 1.54) is 7.11 Å². The fourth-order valence-corrected chi connectivity index (χ4v) is 2.09. The van der Waals surface area contributed by atoms with E-state index in [0.29, 0.717) is 0 Å². The summed E-state index contributed by atoms with van der Waals surface area (Å²) >= 11 is 2.97. The minimum atomic E-state index is -4.54. The van der Waals surface area contributed by atoms with Crippen LogP contribution in [0.25, 0.3) is 0 Å². The summed E-state index contributed by atoms with van der Waals surface area (Å²) in [6.45, 7) is 0. The second-order valence-corrected chi connectivity index (χ2v) is 4.64. The molecule has 14 heavy (non-hydrogen) atoms. The summed E-state index contributed by atoms with van der Waals surface area (Å²) in [6, 6.07) is 1.80. The first-order valence-electron chi connectivity index (χ1n) is 3.37. The highest BCUT2D eigenvalue weighted by atomic mass is 79.9. The number of ether oxygens (including phenoxy) is 1. The summed E-state index contributed by atoms with van der Waals surface area (Å²) < 4.78 is 48.0. The molecule has 0 fully saturated rings. The Kier molecular flexibility index (Phi) is 3.13. The summed E-state index contributed by atoms with van der Waals surface area (Å²) in [4.78, 5) is -0.787. The standard InChI is InChI=1S/C7H6BrFO4S/c1-13-6-3-5(9)7(2-4(6)8)14(10,11)12/h2-3H,1H3,(H,10,11,12). The molecule has 4 nitrogen and oxygen atoms in total. The molecule has 0 bridgehead atoms. The van der Waals surface area contributed by atoms with E-state index in [4.69, 9.17) is 9.29 Å². The average molecular weight is 285 g/mol. The molecule has 1 aromatic rings. The molecule has 0 radical (unpaired) electrons. The lowest BCUT2D eigenvalue weighted by molar-refractivity contribution is 0.406. The van der Waals surface area contributed by atoms with Gasteiger partial charge in [-0.1, -0.05) is 0 Å². The van der Waals surface area contributed by atoms with Crippen molar-refractivity contribution in [3.8, 4) is 5.75 Å². The van der Waals surface area contributed by atoms with Crippen molar-refractivity contribution < 1.29 is 22.1 Å². The molecular formula is C7H6BrFO4S. The van der Waals surface area contributed by atoms with Crippen molar-refractivity contribution in [2.45, 2.75) is 4.90 Å². The first-order chi connectivity index (χ1) is 6.36. The van der Waals surface area contributed by atoms with Crippen LogP contribution in [0.4, 0.5) is 4.39 Å². The van der Waals surface area contributed by atoms with Gasteiger partial charge >= 0.3 is 0 Å². The summed E-state index contributed by atoms with van der Waals surface area (Å²) in [5.41, 5.74) is 0. The number of methoxy groups -OCH3 is 1. The zero-order valence-electron chi connectivity index (χ0n) is 6.99. The number of benzene rings is 1. The highest BCUT2D eigenvalue weighted by molar-refractivity contribution is 9.10. The molecule has 1 rings (SSSR count). The highest BCUT2D eigenvalue weighted by Crippen LogP contribution is 2.29. The summed E-state index contributed by atoms with van der Waals surface area (Å²) in [5, 5.41) is 0. The van der Waals surface area contributed by atoms with Gasteiger partial charge in [-0.2, -0.15) is 8.42 Å². The van der Waals surface area contributed by atoms with Crippen LogP contribution in [0.1, 0.15) is 0 Å². The van der Waals surface area contributed by atoms with Gasteiger partial charge in [-0.3, -0.25) is 4.55 Å². The van der Waals surface area contributed by atoms with Crippen LogP contribution in [0, 0.1) is 5.82 Å². The Bertz CT molecular complexity index is 457. The quantitative estimate of drug-likeness (QED) is 0.842. The van der Waals surface area contributed by atoms with Crippen molar-refractivity contribution in [3.05, 3.63) is 22.4 Å². The van der Waals surface area contributed by atoms with E-state index in [-0.39, 0.29) is 10.2 Å². The second-order valence-electron chi connectivity index (χ2n) is 2.39. The molecule has 0 aromatic heterocycles. The van der Waals surface area contributed by atoms with Crippen molar-refractivity contribution in [3.63, 3.8) is 0 Å².